The molecule has 0 unspecified atom stereocenters. The van der Waals surface area contributed by atoms with Crippen LogP contribution in [0.1, 0.15) is 24.8 Å². The van der Waals surface area contributed by atoms with Gasteiger partial charge in [-0.05, 0) is 49.4 Å². The van der Waals surface area contributed by atoms with Crippen molar-refractivity contribution in [1.82, 2.24) is 4.31 Å². The standard InChI is InChI=1S/C27H28N2O4S/c30-27(28-22-14-15-24-23-12-4-5-13-25(23)33-26(24)18-22)21-11-6-16-29(19-21)34(31,32)17-7-10-20-8-2-1-3-9-20/h1-5,8-9,12-15,18,21H,6-7,10-11,16-17,19H2,(H,28,30)/t21-/m0/s1. The smallest absolute Gasteiger partial charge is 0.228 e. The van der Waals surface area contributed by atoms with Gasteiger partial charge in [-0.3, -0.25) is 4.79 Å². The van der Waals surface area contributed by atoms with Crippen molar-refractivity contribution < 1.29 is 17.6 Å². The first-order chi connectivity index (χ1) is 16.5. The Balaban J connectivity index is 1.21. The summed E-state index contributed by atoms with van der Waals surface area (Å²) in [5.74, 6) is -0.428. The highest BCUT2D eigenvalue weighted by Crippen LogP contribution is 2.31. The lowest BCUT2D eigenvalue weighted by Crippen LogP contribution is -2.44. The summed E-state index contributed by atoms with van der Waals surface area (Å²) in [6.07, 6.45) is 2.65. The van der Waals surface area contributed by atoms with Crippen molar-refractivity contribution in [1.29, 1.82) is 0 Å². The van der Waals surface area contributed by atoms with Crippen molar-refractivity contribution in [3.63, 3.8) is 0 Å². The zero-order valence-corrected chi connectivity index (χ0v) is 19.8. The average molecular weight is 477 g/mol. The Bertz CT molecular complexity index is 1410. The van der Waals surface area contributed by atoms with Gasteiger partial charge in [-0.15, -0.1) is 0 Å². The van der Waals surface area contributed by atoms with Gasteiger partial charge in [0.25, 0.3) is 0 Å². The first kappa shape index (κ1) is 22.6. The first-order valence-corrected chi connectivity index (χ1v) is 13.3. The van der Waals surface area contributed by atoms with Crippen LogP contribution >= 0.6 is 0 Å². The predicted molar refractivity (Wildman–Crippen MR) is 135 cm³/mol. The Morgan fingerprint density at radius 2 is 1.74 bits per heavy atom. The van der Waals surface area contributed by atoms with Crippen LogP contribution in [0.2, 0.25) is 0 Å². The Labute approximate surface area is 199 Å². The second-order valence-corrected chi connectivity index (χ2v) is 11.0. The van der Waals surface area contributed by atoms with Crippen molar-refractivity contribution in [2.75, 3.05) is 24.2 Å². The summed E-state index contributed by atoms with van der Waals surface area (Å²) in [7, 11) is -3.40. The van der Waals surface area contributed by atoms with Gasteiger partial charge < -0.3 is 9.73 Å². The topological polar surface area (TPSA) is 79.6 Å². The molecule has 0 spiro atoms. The van der Waals surface area contributed by atoms with E-state index in [0.717, 1.165) is 28.3 Å². The number of aryl methyl sites for hydroxylation is 1. The molecule has 6 nitrogen and oxygen atoms in total. The fourth-order valence-corrected chi connectivity index (χ4v) is 6.27. The summed E-state index contributed by atoms with van der Waals surface area (Å²) in [5.41, 5.74) is 3.31. The number of sulfonamides is 1. The highest BCUT2D eigenvalue weighted by Gasteiger charge is 2.32. The number of furan rings is 1. The molecule has 176 valence electrons. The maximum Gasteiger partial charge on any atom is 0.228 e. The number of hydrogen-bond acceptors (Lipinski definition) is 4. The van der Waals surface area contributed by atoms with Gasteiger partial charge >= 0.3 is 0 Å². The molecule has 1 aliphatic heterocycles. The van der Waals surface area contributed by atoms with Crippen molar-refractivity contribution in [3.8, 4) is 0 Å². The first-order valence-electron chi connectivity index (χ1n) is 11.7. The third-order valence-corrected chi connectivity index (χ3v) is 8.43. The van der Waals surface area contributed by atoms with Gasteiger partial charge in [-0.25, -0.2) is 12.7 Å². The molecule has 1 amide bonds. The zero-order chi connectivity index (χ0) is 23.5. The minimum absolute atomic E-state index is 0.0962. The van der Waals surface area contributed by atoms with Crippen molar-refractivity contribution >= 4 is 43.6 Å². The van der Waals surface area contributed by atoms with E-state index in [1.807, 2.05) is 72.8 Å². The minimum atomic E-state index is -3.40. The van der Waals surface area contributed by atoms with Crippen molar-refractivity contribution in [3.05, 3.63) is 78.4 Å². The van der Waals surface area contributed by atoms with Crippen LogP contribution in [0.4, 0.5) is 5.69 Å². The van der Waals surface area contributed by atoms with E-state index in [4.69, 9.17) is 4.42 Å². The molecule has 2 heterocycles. The Kier molecular flexibility index (Phi) is 6.39. The van der Waals surface area contributed by atoms with Gasteiger partial charge in [0.05, 0.1) is 11.7 Å². The van der Waals surface area contributed by atoms with Crippen LogP contribution in [0.25, 0.3) is 21.9 Å². The Morgan fingerprint density at radius 3 is 2.59 bits per heavy atom. The van der Waals surface area contributed by atoms with Gasteiger partial charge in [-0.2, -0.15) is 0 Å². The molecule has 0 aliphatic carbocycles. The predicted octanol–water partition coefficient (Wildman–Crippen LogP) is 5.20. The van der Waals surface area contributed by atoms with E-state index in [9.17, 15) is 13.2 Å². The monoisotopic (exact) mass is 476 g/mol. The van der Waals surface area contributed by atoms with Crippen LogP contribution in [-0.2, 0) is 21.2 Å². The van der Waals surface area contributed by atoms with Gasteiger partial charge in [0.1, 0.15) is 11.2 Å². The molecule has 0 saturated carbocycles. The number of amides is 1. The molecule has 4 aromatic rings. The van der Waals surface area contributed by atoms with Crippen LogP contribution in [-0.4, -0.2) is 37.5 Å². The lowest BCUT2D eigenvalue weighted by molar-refractivity contribution is -0.120. The second-order valence-electron chi connectivity index (χ2n) is 8.90. The molecule has 1 fully saturated rings. The number of para-hydroxylation sites is 1. The highest BCUT2D eigenvalue weighted by atomic mass is 32.2. The van der Waals surface area contributed by atoms with E-state index in [1.165, 1.54) is 4.31 Å². The molecule has 1 aromatic heterocycles. The van der Waals surface area contributed by atoms with Crippen LogP contribution in [0.15, 0.2) is 77.2 Å². The van der Waals surface area contributed by atoms with Crippen LogP contribution in [0, 0.1) is 5.92 Å². The quantitative estimate of drug-likeness (QED) is 0.398. The number of benzene rings is 3. The van der Waals surface area contributed by atoms with Crippen molar-refractivity contribution in [2.24, 2.45) is 5.92 Å². The normalized spacial score (nSPS) is 17.2. The number of piperidine rings is 1. The summed E-state index contributed by atoms with van der Waals surface area (Å²) >= 11 is 0. The summed E-state index contributed by atoms with van der Waals surface area (Å²) in [6, 6.07) is 23.4. The number of carbonyl (C=O) groups excluding carboxylic acids is 1. The molecule has 1 saturated heterocycles. The number of hydrogen-bond donors (Lipinski definition) is 1. The fourth-order valence-electron chi connectivity index (χ4n) is 4.69. The molecule has 34 heavy (non-hydrogen) atoms. The molecule has 1 atom stereocenters. The van der Waals surface area contributed by atoms with E-state index < -0.39 is 10.0 Å². The molecule has 7 heteroatoms. The number of fused-ring (bicyclic) bond motifs is 3. The third-order valence-electron chi connectivity index (χ3n) is 6.51. The summed E-state index contributed by atoms with van der Waals surface area (Å²) in [4.78, 5) is 13.0. The average Bonchev–Trinajstić information content (AvgIpc) is 3.22. The van der Waals surface area contributed by atoms with Gasteiger partial charge in [-0.1, -0.05) is 48.5 Å². The second kappa shape index (κ2) is 9.60. The maximum atomic E-state index is 13.0. The van der Waals surface area contributed by atoms with Crippen molar-refractivity contribution in [2.45, 2.75) is 25.7 Å². The third kappa shape index (κ3) is 4.86. The Morgan fingerprint density at radius 1 is 0.971 bits per heavy atom. The largest absolute Gasteiger partial charge is 0.456 e. The number of rotatable bonds is 7. The minimum Gasteiger partial charge on any atom is -0.456 e. The van der Waals surface area contributed by atoms with Crippen LogP contribution < -0.4 is 5.32 Å². The molecule has 0 bridgehead atoms. The molecular weight excluding hydrogens is 448 g/mol. The lowest BCUT2D eigenvalue weighted by Gasteiger charge is -2.31. The highest BCUT2D eigenvalue weighted by molar-refractivity contribution is 7.89. The van der Waals surface area contributed by atoms with Gasteiger partial charge in [0, 0.05) is 35.6 Å². The summed E-state index contributed by atoms with van der Waals surface area (Å²) in [5, 5.41) is 5.00. The number of carbonyl (C=O) groups is 1. The van der Waals surface area contributed by atoms with Gasteiger partial charge in [0.2, 0.25) is 15.9 Å². The molecular formula is C27H28N2O4S. The van der Waals surface area contributed by atoms with Crippen LogP contribution in [0.3, 0.4) is 0 Å². The fraction of sp³-hybridized carbons (Fsp3) is 0.296. The van der Waals surface area contributed by atoms with E-state index in [1.54, 1.807) is 0 Å². The maximum absolute atomic E-state index is 13.0. The molecule has 0 radical (unpaired) electrons. The van der Waals surface area contributed by atoms with E-state index in [2.05, 4.69) is 5.32 Å². The van der Waals surface area contributed by atoms with E-state index >= 15 is 0 Å². The molecule has 1 N–H and O–H groups in total. The zero-order valence-electron chi connectivity index (χ0n) is 18.9. The summed E-state index contributed by atoms with van der Waals surface area (Å²) < 4.78 is 33.2. The summed E-state index contributed by atoms with van der Waals surface area (Å²) in [6.45, 7) is 0.703. The number of anilines is 1. The molecule has 1 aliphatic rings. The van der Waals surface area contributed by atoms with E-state index in [0.29, 0.717) is 37.1 Å². The number of nitrogens with zero attached hydrogens (tertiary/aromatic N) is 1. The molecule has 5 rings (SSSR count). The van der Waals surface area contributed by atoms with Gasteiger partial charge in [0.15, 0.2) is 0 Å². The van der Waals surface area contributed by atoms with Crippen LogP contribution in [0.5, 0.6) is 0 Å². The van der Waals surface area contributed by atoms with E-state index in [-0.39, 0.29) is 24.1 Å². The molecule has 3 aromatic carbocycles. The SMILES string of the molecule is O=C(Nc1ccc2c(c1)oc1ccccc12)[C@H]1CCCN(S(=O)(=O)CCCc2ccccc2)C1. The Hall–Kier alpha value is -3.16. The lowest BCUT2D eigenvalue weighted by atomic mass is 9.98. The number of nitrogens with one attached hydrogen (secondary N) is 1.